The number of hydrogen-bond donors (Lipinski definition) is 1. The minimum absolute atomic E-state index is 0.103. The Bertz CT molecular complexity index is 916. The van der Waals surface area contributed by atoms with Crippen molar-refractivity contribution in [3.63, 3.8) is 0 Å². The molecule has 0 heterocycles. The average Bonchev–Trinajstić information content (AvgIpc) is 3.34. The van der Waals surface area contributed by atoms with E-state index in [1.54, 1.807) is 31.2 Å². The zero-order chi connectivity index (χ0) is 18.9. The Kier molecular flexibility index (Phi) is 4.86. The standard InChI is InChI=1S/C19H20FNO4S/c1-2-25-18(22)19(12-21)16(13-7-6-8-14(20)11-13)17(19)26(23,24)15-9-4-3-5-10-15/h3-11,16-17H,2,12,21H2,1H3. The maximum absolute atomic E-state index is 13.7. The number of ether oxygens (including phenoxy) is 1. The average molecular weight is 377 g/mol. The van der Waals surface area contributed by atoms with Crippen LogP contribution in [0.25, 0.3) is 0 Å². The molecule has 0 aromatic heterocycles. The van der Waals surface area contributed by atoms with Crippen LogP contribution in [0.4, 0.5) is 4.39 Å². The van der Waals surface area contributed by atoms with Crippen molar-refractivity contribution >= 4 is 15.8 Å². The summed E-state index contributed by atoms with van der Waals surface area (Å²) in [6, 6.07) is 13.5. The van der Waals surface area contributed by atoms with Crippen LogP contribution in [0.15, 0.2) is 59.5 Å². The minimum atomic E-state index is -3.86. The summed E-state index contributed by atoms with van der Waals surface area (Å²) >= 11 is 0. The SMILES string of the molecule is CCOC(=O)C1(CN)C(c2cccc(F)c2)C1S(=O)(=O)c1ccccc1. The quantitative estimate of drug-likeness (QED) is 0.781. The number of rotatable bonds is 6. The highest BCUT2D eigenvalue weighted by Crippen LogP contribution is 2.64. The van der Waals surface area contributed by atoms with Crippen LogP contribution in [0, 0.1) is 11.2 Å². The molecule has 0 bridgehead atoms. The molecule has 5 nitrogen and oxygen atoms in total. The Morgan fingerprint density at radius 1 is 1.19 bits per heavy atom. The van der Waals surface area contributed by atoms with E-state index < -0.39 is 38.2 Å². The Morgan fingerprint density at radius 2 is 1.88 bits per heavy atom. The van der Waals surface area contributed by atoms with Gasteiger partial charge in [-0.15, -0.1) is 0 Å². The van der Waals surface area contributed by atoms with E-state index in [-0.39, 0.29) is 18.0 Å². The van der Waals surface area contributed by atoms with Gasteiger partial charge in [0, 0.05) is 12.5 Å². The lowest BCUT2D eigenvalue weighted by atomic mass is 9.99. The van der Waals surface area contributed by atoms with Crippen molar-refractivity contribution in [3.8, 4) is 0 Å². The third kappa shape index (κ3) is 2.81. The topological polar surface area (TPSA) is 86.5 Å². The molecular formula is C19H20FNO4S. The van der Waals surface area contributed by atoms with E-state index in [9.17, 15) is 17.6 Å². The Balaban J connectivity index is 2.13. The summed E-state index contributed by atoms with van der Waals surface area (Å²) in [6.07, 6.45) is 0. The maximum atomic E-state index is 13.7. The van der Waals surface area contributed by atoms with Crippen molar-refractivity contribution in [3.05, 3.63) is 66.0 Å². The Morgan fingerprint density at radius 3 is 2.46 bits per heavy atom. The molecule has 0 amide bonds. The molecule has 1 aliphatic rings. The van der Waals surface area contributed by atoms with E-state index in [0.29, 0.717) is 5.56 Å². The molecule has 7 heteroatoms. The van der Waals surface area contributed by atoms with Crippen molar-refractivity contribution in [2.45, 2.75) is 23.0 Å². The maximum Gasteiger partial charge on any atom is 0.315 e. The number of esters is 1. The molecule has 0 aliphatic heterocycles. The van der Waals surface area contributed by atoms with Crippen LogP contribution in [0.2, 0.25) is 0 Å². The summed E-state index contributed by atoms with van der Waals surface area (Å²) in [6.45, 7) is 1.54. The highest BCUT2D eigenvalue weighted by Gasteiger charge is 2.75. The van der Waals surface area contributed by atoms with Gasteiger partial charge in [0.05, 0.1) is 16.8 Å². The molecule has 138 valence electrons. The third-order valence-electron chi connectivity index (χ3n) is 4.86. The van der Waals surface area contributed by atoms with Gasteiger partial charge in [-0.25, -0.2) is 12.8 Å². The van der Waals surface area contributed by atoms with E-state index in [2.05, 4.69) is 0 Å². The molecule has 2 aromatic rings. The number of sulfone groups is 1. The first-order chi connectivity index (χ1) is 12.4. The fourth-order valence-corrected chi connectivity index (χ4v) is 6.03. The molecule has 3 rings (SSSR count). The largest absolute Gasteiger partial charge is 0.465 e. The second-order valence-corrected chi connectivity index (χ2v) is 8.35. The van der Waals surface area contributed by atoms with Gasteiger partial charge in [-0.1, -0.05) is 30.3 Å². The second kappa shape index (κ2) is 6.81. The third-order valence-corrected chi connectivity index (χ3v) is 7.15. The van der Waals surface area contributed by atoms with Crippen molar-refractivity contribution < 1.29 is 22.3 Å². The van der Waals surface area contributed by atoms with E-state index in [0.717, 1.165) is 0 Å². The van der Waals surface area contributed by atoms with E-state index in [4.69, 9.17) is 10.5 Å². The summed E-state index contributed by atoms with van der Waals surface area (Å²) in [5.74, 6) is -1.92. The molecular weight excluding hydrogens is 357 g/mol. The fraction of sp³-hybridized carbons (Fsp3) is 0.316. The van der Waals surface area contributed by atoms with Gasteiger partial charge >= 0.3 is 5.97 Å². The monoisotopic (exact) mass is 377 g/mol. The molecule has 2 N–H and O–H groups in total. The van der Waals surface area contributed by atoms with Gasteiger partial charge in [0.25, 0.3) is 0 Å². The highest BCUT2D eigenvalue weighted by molar-refractivity contribution is 7.92. The first-order valence-corrected chi connectivity index (χ1v) is 9.86. The predicted octanol–water partition coefficient (Wildman–Crippen LogP) is 2.27. The molecule has 1 fully saturated rings. The molecule has 0 radical (unpaired) electrons. The number of halogens is 1. The van der Waals surface area contributed by atoms with Crippen LogP contribution < -0.4 is 5.73 Å². The number of nitrogens with two attached hydrogens (primary N) is 1. The summed E-state index contributed by atoms with van der Waals surface area (Å²) < 4.78 is 45.2. The van der Waals surface area contributed by atoms with E-state index >= 15 is 0 Å². The highest BCUT2D eigenvalue weighted by atomic mass is 32.2. The molecule has 0 spiro atoms. The molecule has 3 atom stereocenters. The minimum Gasteiger partial charge on any atom is -0.465 e. The number of carbonyl (C=O) groups excluding carboxylic acids is 1. The normalized spacial score (nSPS) is 24.9. The lowest BCUT2D eigenvalue weighted by Gasteiger charge is -2.14. The fourth-order valence-electron chi connectivity index (χ4n) is 3.62. The van der Waals surface area contributed by atoms with Gasteiger partial charge in [0.15, 0.2) is 9.84 Å². The van der Waals surface area contributed by atoms with Crippen LogP contribution in [0.5, 0.6) is 0 Å². The van der Waals surface area contributed by atoms with Gasteiger partial charge in [0.1, 0.15) is 11.2 Å². The van der Waals surface area contributed by atoms with Crippen molar-refractivity contribution in [2.75, 3.05) is 13.2 Å². The first-order valence-electron chi connectivity index (χ1n) is 8.31. The lowest BCUT2D eigenvalue weighted by Crippen LogP contribution is -2.33. The van der Waals surface area contributed by atoms with Gasteiger partial charge in [-0.05, 0) is 36.8 Å². The van der Waals surface area contributed by atoms with E-state index in [1.165, 1.54) is 30.3 Å². The van der Waals surface area contributed by atoms with Gasteiger partial charge in [0.2, 0.25) is 0 Å². The summed E-state index contributed by atoms with van der Waals surface area (Å²) in [5.41, 5.74) is 4.88. The summed E-state index contributed by atoms with van der Waals surface area (Å²) in [7, 11) is -3.86. The van der Waals surface area contributed by atoms with Gasteiger partial charge in [-0.3, -0.25) is 4.79 Å². The van der Waals surface area contributed by atoms with Crippen LogP contribution >= 0.6 is 0 Å². The van der Waals surface area contributed by atoms with Crippen LogP contribution in [0.1, 0.15) is 18.4 Å². The molecule has 1 aliphatic carbocycles. The molecule has 0 saturated heterocycles. The van der Waals surface area contributed by atoms with Crippen molar-refractivity contribution in [2.24, 2.45) is 11.1 Å². The molecule has 1 saturated carbocycles. The molecule has 2 aromatic carbocycles. The number of carbonyl (C=O) groups is 1. The predicted molar refractivity (Wildman–Crippen MR) is 94.7 cm³/mol. The summed E-state index contributed by atoms with van der Waals surface area (Å²) in [4.78, 5) is 12.8. The summed E-state index contributed by atoms with van der Waals surface area (Å²) in [5, 5.41) is -1.09. The molecule has 26 heavy (non-hydrogen) atoms. The molecule has 3 unspecified atom stereocenters. The Labute approximate surface area is 151 Å². The Hall–Kier alpha value is -2.25. The van der Waals surface area contributed by atoms with Crippen molar-refractivity contribution in [1.29, 1.82) is 0 Å². The lowest BCUT2D eigenvalue weighted by molar-refractivity contribution is -0.149. The van der Waals surface area contributed by atoms with E-state index in [1.807, 2.05) is 0 Å². The second-order valence-electron chi connectivity index (χ2n) is 6.28. The first kappa shape index (κ1) is 18.5. The van der Waals surface area contributed by atoms with Crippen molar-refractivity contribution in [1.82, 2.24) is 0 Å². The smallest absolute Gasteiger partial charge is 0.315 e. The van der Waals surface area contributed by atoms with Crippen LogP contribution in [-0.4, -0.2) is 32.8 Å². The number of hydrogen-bond acceptors (Lipinski definition) is 5. The zero-order valence-corrected chi connectivity index (χ0v) is 15.1. The number of benzene rings is 2. The van der Waals surface area contributed by atoms with Gasteiger partial charge in [-0.2, -0.15) is 0 Å². The zero-order valence-electron chi connectivity index (χ0n) is 14.3. The van der Waals surface area contributed by atoms with Crippen LogP contribution in [0.3, 0.4) is 0 Å². The van der Waals surface area contributed by atoms with Gasteiger partial charge < -0.3 is 10.5 Å². The van der Waals surface area contributed by atoms with Crippen LogP contribution in [-0.2, 0) is 19.4 Å².